The lowest BCUT2D eigenvalue weighted by Crippen LogP contribution is -2.35. The fourth-order valence-electron chi connectivity index (χ4n) is 2.01. The van der Waals surface area contributed by atoms with E-state index in [0.717, 1.165) is 23.9 Å². The van der Waals surface area contributed by atoms with E-state index in [9.17, 15) is 8.42 Å². The molecule has 2 heterocycles. The highest BCUT2D eigenvalue weighted by Gasteiger charge is 2.21. The van der Waals surface area contributed by atoms with Gasteiger partial charge >= 0.3 is 0 Å². The van der Waals surface area contributed by atoms with E-state index in [2.05, 4.69) is 36.0 Å². The first-order valence-corrected chi connectivity index (χ1v) is 9.60. The lowest BCUT2D eigenvalue weighted by atomic mass is 10.1. The Hall–Kier alpha value is -0.660. The minimum atomic E-state index is -2.86. The fourth-order valence-corrected chi connectivity index (χ4v) is 4.16. The number of anilines is 1. The van der Waals surface area contributed by atoms with E-state index in [0.29, 0.717) is 18.7 Å². The van der Waals surface area contributed by atoms with Crippen LogP contribution in [0.25, 0.3) is 0 Å². The molecule has 1 aliphatic heterocycles. The second kappa shape index (κ2) is 5.99. The van der Waals surface area contributed by atoms with Gasteiger partial charge in [-0.05, 0) is 27.2 Å². The molecule has 0 atom stereocenters. The van der Waals surface area contributed by atoms with Crippen molar-refractivity contribution in [3.05, 3.63) is 11.1 Å². The molecule has 0 bridgehead atoms. The van der Waals surface area contributed by atoms with Crippen molar-refractivity contribution in [2.24, 2.45) is 0 Å². The monoisotopic (exact) mass is 317 g/mol. The Morgan fingerprint density at radius 3 is 2.80 bits per heavy atom. The molecule has 0 spiro atoms. The lowest BCUT2D eigenvalue weighted by molar-refractivity contribution is 0.422. The summed E-state index contributed by atoms with van der Waals surface area (Å²) in [5.41, 5.74) is 1.09. The van der Waals surface area contributed by atoms with Crippen molar-refractivity contribution in [3.63, 3.8) is 0 Å². The molecule has 0 aromatic carbocycles. The number of hydrogen-bond acceptors (Lipinski definition) is 6. The van der Waals surface area contributed by atoms with Crippen LogP contribution < -0.4 is 10.2 Å². The average molecular weight is 317 g/mol. The number of thiazole rings is 1. The summed E-state index contributed by atoms with van der Waals surface area (Å²) in [6.45, 7) is 8.45. The van der Waals surface area contributed by atoms with Crippen LogP contribution in [-0.2, 0) is 16.4 Å². The first-order chi connectivity index (χ1) is 9.25. The zero-order valence-corrected chi connectivity index (χ0v) is 14.0. The van der Waals surface area contributed by atoms with Crippen LogP contribution in [0.5, 0.6) is 0 Å². The maximum Gasteiger partial charge on any atom is 0.185 e. The minimum Gasteiger partial charge on any atom is -0.347 e. The van der Waals surface area contributed by atoms with E-state index in [-0.39, 0.29) is 11.3 Å². The van der Waals surface area contributed by atoms with Gasteiger partial charge in [0.1, 0.15) is 0 Å². The van der Waals surface area contributed by atoms with Crippen molar-refractivity contribution >= 4 is 26.3 Å². The molecule has 114 valence electrons. The van der Waals surface area contributed by atoms with Gasteiger partial charge in [0.25, 0.3) is 0 Å². The normalized spacial score (nSPS) is 19.9. The van der Waals surface area contributed by atoms with Crippen LogP contribution >= 0.6 is 11.3 Å². The Morgan fingerprint density at radius 2 is 2.10 bits per heavy atom. The Labute approximate surface area is 125 Å². The molecule has 0 amide bonds. The molecular formula is C13H23N3O2S2. The van der Waals surface area contributed by atoms with Crippen LogP contribution in [0.3, 0.4) is 0 Å². The summed E-state index contributed by atoms with van der Waals surface area (Å²) in [6, 6.07) is 0. The third-order valence-corrected chi connectivity index (χ3v) is 5.83. The maximum atomic E-state index is 11.6. The summed E-state index contributed by atoms with van der Waals surface area (Å²) in [5, 5.41) is 6.40. The Balaban J connectivity index is 1.98. The molecule has 1 aromatic heterocycles. The smallest absolute Gasteiger partial charge is 0.185 e. The molecular weight excluding hydrogens is 294 g/mol. The van der Waals surface area contributed by atoms with E-state index in [1.807, 2.05) is 5.38 Å². The number of aromatic nitrogens is 1. The molecule has 0 saturated carbocycles. The summed E-state index contributed by atoms with van der Waals surface area (Å²) in [7, 11) is -2.86. The van der Waals surface area contributed by atoms with Crippen LogP contribution in [0.15, 0.2) is 5.38 Å². The average Bonchev–Trinajstić information content (AvgIpc) is 2.71. The van der Waals surface area contributed by atoms with Crippen LogP contribution in [0.4, 0.5) is 5.13 Å². The van der Waals surface area contributed by atoms with Crippen molar-refractivity contribution in [1.29, 1.82) is 0 Å². The second-order valence-electron chi connectivity index (χ2n) is 6.22. The quantitative estimate of drug-likeness (QED) is 0.918. The molecule has 1 N–H and O–H groups in total. The first-order valence-electron chi connectivity index (χ1n) is 6.90. The van der Waals surface area contributed by atoms with Gasteiger partial charge in [0.2, 0.25) is 0 Å². The largest absolute Gasteiger partial charge is 0.347 e. The predicted molar refractivity (Wildman–Crippen MR) is 84.2 cm³/mol. The van der Waals surface area contributed by atoms with E-state index >= 15 is 0 Å². The SMILES string of the molecule is CC(C)(C)NCc1csc(N2CCCS(=O)(=O)CC2)n1. The number of hydrogen-bond donors (Lipinski definition) is 1. The van der Waals surface area contributed by atoms with Gasteiger partial charge in [0, 0.05) is 30.6 Å². The fraction of sp³-hybridized carbons (Fsp3) is 0.769. The van der Waals surface area contributed by atoms with Gasteiger partial charge < -0.3 is 10.2 Å². The highest BCUT2D eigenvalue weighted by molar-refractivity contribution is 7.91. The third kappa shape index (κ3) is 4.71. The van der Waals surface area contributed by atoms with Gasteiger partial charge in [-0.2, -0.15) is 0 Å². The summed E-state index contributed by atoms with van der Waals surface area (Å²) in [6.07, 6.45) is 0.692. The van der Waals surface area contributed by atoms with Crippen molar-refractivity contribution in [1.82, 2.24) is 10.3 Å². The summed E-state index contributed by atoms with van der Waals surface area (Å²) >= 11 is 1.60. The second-order valence-corrected chi connectivity index (χ2v) is 9.36. The van der Waals surface area contributed by atoms with Crippen molar-refractivity contribution in [2.45, 2.75) is 39.3 Å². The Bertz CT molecular complexity index is 546. The molecule has 1 saturated heterocycles. The highest BCUT2D eigenvalue weighted by Crippen LogP contribution is 2.22. The lowest BCUT2D eigenvalue weighted by Gasteiger charge is -2.20. The maximum absolute atomic E-state index is 11.6. The van der Waals surface area contributed by atoms with Gasteiger partial charge in [-0.15, -0.1) is 11.3 Å². The van der Waals surface area contributed by atoms with Gasteiger partial charge in [0.15, 0.2) is 15.0 Å². The first kappa shape index (κ1) is 15.7. The third-order valence-electron chi connectivity index (χ3n) is 3.17. The molecule has 20 heavy (non-hydrogen) atoms. The standard InChI is InChI=1S/C13H23N3O2S2/c1-13(2,3)14-9-11-10-19-12(15-11)16-5-4-7-20(17,18)8-6-16/h10,14H,4-9H2,1-3H3. The van der Waals surface area contributed by atoms with Crippen LogP contribution in [0.2, 0.25) is 0 Å². The summed E-state index contributed by atoms with van der Waals surface area (Å²) < 4.78 is 23.2. The Kier molecular flexibility index (Phi) is 4.71. The minimum absolute atomic E-state index is 0.0699. The molecule has 0 unspecified atom stereocenters. The summed E-state index contributed by atoms with van der Waals surface area (Å²) in [5.74, 6) is 0.537. The van der Waals surface area contributed by atoms with Crippen LogP contribution in [-0.4, -0.2) is 43.5 Å². The number of nitrogens with one attached hydrogen (secondary N) is 1. The molecule has 2 rings (SSSR count). The molecule has 1 aromatic rings. The van der Waals surface area contributed by atoms with Gasteiger partial charge in [-0.25, -0.2) is 13.4 Å². The molecule has 0 radical (unpaired) electrons. The zero-order valence-electron chi connectivity index (χ0n) is 12.3. The van der Waals surface area contributed by atoms with E-state index in [1.165, 1.54) is 0 Å². The number of sulfone groups is 1. The molecule has 7 heteroatoms. The molecule has 0 aliphatic carbocycles. The van der Waals surface area contributed by atoms with E-state index in [1.54, 1.807) is 11.3 Å². The van der Waals surface area contributed by atoms with Gasteiger partial charge in [0.05, 0.1) is 17.2 Å². The van der Waals surface area contributed by atoms with Crippen LogP contribution in [0, 0.1) is 0 Å². The molecule has 1 fully saturated rings. The van der Waals surface area contributed by atoms with Crippen molar-refractivity contribution in [2.75, 3.05) is 29.5 Å². The molecule has 1 aliphatic rings. The Morgan fingerprint density at radius 1 is 1.35 bits per heavy atom. The summed E-state index contributed by atoms with van der Waals surface area (Å²) in [4.78, 5) is 6.71. The van der Waals surface area contributed by atoms with Gasteiger partial charge in [-0.3, -0.25) is 0 Å². The van der Waals surface area contributed by atoms with Crippen molar-refractivity contribution < 1.29 is 8.42 Å². The number of nitrogens with zero attached hydrogens (tertiary/aromatic N) is 2. The van der Waals surface area contributed by atoms with Crippen LogP contribution in [0.1, 0.15) is 32.9 Å². The topological polar surface area (TPSA) is 62.3 Å². The number of rotatable bonds is 3. The highest BCUT2D eigenvalue weighted by atomic mass is 32.2. The van der Waals surface area contributed by atoms with E-state index < -0.39 is 9.84 Å². The van der Waals surface area contributed by atoms with Crippen molar-refractivity contribution in [3.8, 4) is 0 Å². The zero-order chi connectivity index (χ0) is 14.8. The predicted octanol–water partition coefficient (Wildman–Crippen LogP) is 1.66. The van der Waals surface area contributed by atoms with E-state index in [4.69, 9.17) is 0 Å². The molecule has 5 nitrogen and oxygen atoms in total. The van der Waals surface area contributed by atoms with Gasteiger partial charge in [-0.1, -0.05) is 0 Å².